The minimum Gasteiger partial charge on any atom is -0.378 e. The second-order valence-electron chi connectivity index (χ2n) is 8.36. The molecule has 0 radical (unpaired) electrons. The molecule has 6 heteroatoms. The molecule has 2 heterocycles. The number of rotatable bonds is 4. The summed E-state index contributed by atoms with van der Waals surface area (Å²) in [5, 5.41) is 4.19. The highest BCUT2D eigenvalue weighted by Gasteiger charge is 2.32. The van der Waals surface area contributed by atoms with E-state index < -0.39 is 0 Å². The van der Waals surface area contributed by atoms with Crippen molar-refractivity contribution in [2.45, 2.75) is 50.9 Å². The predicted octanol–water partition coefficient (Wildman–Crippen LogP) is 4.09. The predicted molar refractivity (Wildman–Crippen MR) is 109 cm³/mol. The molecule has 1 saturated carbocycles. The van der Waals surface area contributed by atoms with E-state index in [9.17, 15) is 4.79 Å². The second-order valence-corrected chi connectivity index (χ2v) is 8.36. The van der Waals surface area contributed by atoms with Gasteiger partial charge in [-0.2, -0.15) is 4.98 Å². The third kappa shape index (κ3) is 4.05. The number of piperidine rings is 1. The highest BCUT2D eigenvalue weighted by molar-refractivity contribution is 5.79. The van der Waals surface area contributed by atoms with Gasteiger partial charge in [-0.25, -0.2) is 0 Å². The third-order valence-corrected chi connectivity index (χ3v) is 6.12. The fourth-order valence-corrected chi connectivity index (χ4v) is 4.41. The number of carbonyl (C=O) groups is 1. The van der Waals surface area contributed by atoms with Gasteiger partial charge >= 0.3 is 0 Å². The monoisotopic (exact) mass is 382 g/mol. The first-order chi connectivity index (χ1) is 13.6. The molecule has 1 aromatic heterocycles. The molecule has 0 N–H and O–H groups in total. The van der Waals surface area contributed by atoms with Crippen molar-refractivity contribution < 1.29 is 9.32 Å². The van der Waals surface area contributed by atoms with Crippen molar-refractivity contribution in [1.29, 1.82) is 0 Å². The van der Waals surface area contributed by atoms with Gasteiger partial charge in [0.05, 0.1) is 5.92 Å². The van der Waals surface area contributed by atoms with Crippen LogP contribution in [0.4, 0.5) is 5.69 Å². The van der Waals surface area contributed by atoms with Gasteiger partial charge in [-0.05, 0) is 49.9 Å². The van der Waals surface area contributed by atoms with Gasteiger partial charge in [-0.15, -0.1) is 0 Å². The van der Waals surface area contributed by atoms with Gasteiger partial charge in [0, 0.05) is 44.4 Å². The molecule has 1 amide bonds. The van der Waals surface area contributed by atoms with Crippen molar-refractivity contribution in [3.8, 4) is 11.4 Å². The van der Waals surface area contributed by atoms with Gasteiger partial charge in [-0.3, -0.25) is 4.79 Å². The average Bonchev–Trinajstić information content (AvgIpc) is 3.24. The zero-order valence-corrected chi connectivity index (χ0v) is 16.9. The molecule has 1 saturated heterocycles. The Morgan fingerprint density at radius 3 is 2.54 bits per heavy atom. The Kier molecular flexibility index (Phi) is 5.64. The number of benzene rings is 1. The van der Waals surface area contributed by atoms with Gasteiger partial charge < -0.3 is 14.3 Å². The minimum absolute atomic E-state index is 0.142. The van der Waals surface area contributed by atoms with Gasteiger partial charge in [0.2, 0.25) is 17.6 Å². The summed E-state index contributed by atoms with van der Waals surface area (Å²) < 4.78 is 5.60. The Labute approximate surface area is 166 Å². The highest BCUT2D eigenvalue weighted by Crippen LogP contribution is 2.31. The number of carbonyl (C=O) groups excluding carboxylic acids is 1. The number of hydrogen-bond acceptors (Lipinski definition) is 5. The minimum atomic E-state index is 0.142. The van der Waals surface area contributed by atoms with Gasteiger partial charge in [0.1, 0.15) is 0 Å². The van der Waals surface area contributed by atoms with Crippen LogP contribution in [0.5, 0.6) is 0 Å². The van der Waals surface area contributed by atoms with Crippen molar-refractivity contribution in [1.82, 2.24) is 15.0 Å². The lowest BCUT2D eigenvalue weighted by Crippen LogP contribution is -2.42. The van der Waals surface area contributed by atoms with Gasteiger partial charge in [0.15, 0.2) is 0 Å². The molecule has 2 fully saturated rings. The summed E-state index contributed by atoms with van der Waals surface area (Å²) >= 11 is 0. The van der Waals surface area contributed by atoms with Crippen LogP contribution in [0, 0.1) is 5.92 Å². The number of anilines is 1. The smallest absolute Gasteiger partial charge is 0.231 e. The molecule has 1 atom stereocenters. The molecule has 0 unspecified atom stereocenters. The summed E-state index contributed by atoms with van der Waals surface area (Å²) in [6.45, 7) is 1.56. The largest absolute Gasteiger partial charge is 0.378 e. The van der Waals surface area contributed by atoms with Crippen molar-refractivity contribution >= 4 is 11.6 Å². The number of hydrogen-bond donors (Lipinski definition) is 0. The Morgan fingerprint density at radius 1 is 1.07 bits per heavy atom. The van der Waals surface area contributed by atoms with E-state index in [1.54, 1.807) is 0 Å². The van der Waals surface area contributed by atoms with Gasteiger partial charge in [0.25, 0.3) is 0 Å². The summed E-state index contributed by atoms with van der Waals surface area (Å²) in [7, 11) is 4.04. The van der Waals surface area contributed by atoms with Crippen LogP contribution in [0.25, 0.3) is 11.4 Å². The van der Waals surface area contributed by atoms with E-state index in [0.29, 0.717) is 24.2 Å². The topological polar surface area (TPSA) is 62.5 Å². The van der Waals surface area contributed by atoms with E-state index in [0.717, 1.165) is 43.5 Å². The van der Waals surface area contributed by atoms with Crippen molar-refractivity contribution in [2.75, 3.05) is 32.1 Å². The molecule has 2 aliphatic rings. The molecule has 28 heavy (non-hydrogen) atoms. The van der Waals surface area contributed by atoms with Crippen LogP contribution in [0.2, 0.25) is 0 Å². The van der Waals surface area contributed by atoms with E-state index in [2.05, 4.69) is 27.2 Å². The Hall–Kier alpha value is -2.37. The molecular weight excluding hydrogens is 352 g/mol. The number of amides is 1. The lowest BCUT2D eigenvalue weighted by atomic mass is 9.87. The summed E-state index contributed by atoms with van der Waals surface area (Å²) in [4.78, 5) is 21.7. The lowest BCUT2D eigenvalue weighted by Gasteiger charge is -2.34. The van der Waals surface area contributed by atoms with E-state index in [4.69, 9.17) is 4.52 Å². The Balaban J connectivity index is 1.43. The first kappa shape index (κ1) is 19.0. The zero-order chi connectivity index (χ0) is 19.5. The van der Waals surface area contributed by atoms with Gasteiger partial charge in [-0.1, -0.05) is 24.4 Å². The number of likely N-dealkylation sites (tertiary alicyclic amines) is 1. The van der Waals surface area contributed by atoms with E-state index in [-0.39, 0.29) is 11.8 Å². The molecule has 2 aromatic rings. The summed E-state index contributed by atoms with van der Waals surface area (Å²) in [6.07, 6.45) is 7.74. The highest BCUT2D eigenvalue weighted by atomic mass is 16.5. The van der Waals surface area contributed by atoms with Crippen molar-refractivity contribution in [3.63, 3.8) is 0 Å². The van der Waals surface area contributed by atoms with E-state index in [1.165, 1.54) is 19.3 Å². The molecule has 0 spiro atoms. The first-order valence-corrected chi connectivity index (χ1v) is 10.5. The van der Waals surface area contributed by atoms with Crippen LogP contribution in [0.15, 0.2) is 28.8 Å². The molecule has 0 bridgehead atoms. The number of aromatic nitrogens is 2. The van der Waals surface area contributed by atoms with Crippen LogP contribution < -0.4 is 4.90 Å². The van der Waals surface area contributed by atoms with Crippen LogP contribution in [-0.4, -0.2) is 48.1 Å². The fourth-order valence-electron chi connectivity index (χ4n) is 4.41. The van der Waals surface area contributed by atoms with Crippen LogP contribution in [0.1, 0.15) is 56.8 Å². The maximum Gasteiger partial charge on any atom is 0.231 e. The summed E-state index contributed by atoms with van der Waals surface area (Å²) in [6, 6.07) is 8.14. The molecular formula is C22H30N4O2. The van der Waals surface area contributed by atoms with Crippen LogP contribution in [0.3, 0.4) is 0 Å². The maximum atomic E-state index is 12.9. The average molecular weight is 383 g/mol. The maximum absolute atomic E-state index is 12.9. The van der Waals surface area contributed by atoms with E-state index >= 15 is 0 Å². The third-order valence-electron chi connectivity index (χ3n) is 6.12. The Morgan fingerprint density at radius 2 is 1.82 bits per heavy atom. The molecule has 1 aliphatic carbocycles. The van der Waals surface area contributed by atoms with Crippen LogP contribution >= 0.6 is 0 Å². The van der Waals surface area contributed by atoms with E-state index in [1.807, 2.05) is 31.1 Å². The van der Waals surface area contributed by atoms with Crippen molar-refractivity contribution in [2.24, 2.45) is 5.92 Å². The van der Waals surface area contributed by atoms with Crippen molar-refractivity contribution in [3.05, 3.63) is 30.2 Å². The second kappa shape index (κ2) is 8.33. The van der Waals surface area contributed by atoms with Crippen LogP contribution in [-0.2, 0) is 4.79 Å². The molecule has 4 rings (SSSR count). The quantitative estimate of drug-likeness (QED) is 0.797. The SMILES string of the molecule is CN(C)c1ccc(-c2noc([C@H]3CCCN(C(=O)C4CCCCC4)C3)n2)cc1. The molecule has 1 aliphatic heterocycles. The fraction of sp³-hybridized carbons (Fsp3) is 0.591. The summed E-state index contributed by atoms with van der Waals surface area (Å²) in [5.74, 6) is 1.98. The first-order valence-electron chi connectivity index (χ1n) is 10.5. The Bertz CT molecular complexity index is 793. The normalized spacial score (nSPS) is 20.9. The zero-order valence-electron chi connectivity index (χ0n) is 16.9. The molecule has 150 valence electrons. The standard InChI is InChI=1S/C22H30N4O2/c1-25(2)19-12-10-16(11-13-19)20-23-21(28-24-20)18-9-6-14-26(15-18)22(27)17-7-4-3-5-8-17/h10-13,17-18H,3-9,14-15H2,1-2H3/t18-/m0/s1. The molecule has 6 nitrogen and oxygen atoms in total. The molecule has 1 aromatic carbocycles. The lowest BCUT2D eigenvalue weighted by molar-refractivity contribution is -0.137. The summed E-state index contributed by atoms with van der Waals surface area (Å²) in [5.41, 5.74) is 2.09. The number of nitrogens with zero attached hydrogens (tertiary/aromatic N) is 4.